The number of carbonyl (C=O) groups is 1. The molecule has 0 unspecified atom stereocenters. The van der Waals surface area contributed by atoms with Crippen LogP contribution in [0.3, 0.4) is 0 Å². The standard InChI is InChI=1S/C24H23N3O4S/c1-26-23-19(22(29)27(24(26)30)12-11-16-7-4-3-5-8-16)14-20(32-23)21(28)25-15-17-9-6-10-18(13-17)31-2/h3-10,13-14H,11-12,15H2,1-2H3,(H,25,28). The van der Waals surface area contributed by atoms with Gasteiger partial charge in [-0.3, -0.25) is 18.7 Å². The van der Waals surface area contributed by atoms with Crippen molar-refractivity contribution in [2.75, 3.05) is 7.11 Å². The van der Waals surface area contributed by atoms with Crippen LogP contribution in [0.5, 0.6) is 5.75 Å². The molecule has 0 radical (unpaired) electrons. The molecule has 0 fully saturated rings. The van der Waals surface area contributed by atoms with Crippen LogP contribution in [0.15, 0.2) is 70.3 Å². The van der Waals surface area contributed by atoms with Gasteiger partial charge >= 0.3 is 5.69 Å². The zero-order chi connectivity index (χ0) is 22.7. The fraction of sp³-hybridized carbons (Fsp3) is 0.208. The Labute approximate surface area is 188 Å². The molecule has 0 atom stereocenters. The highest BCUT2D eigenvalue weighted by atomic mass is 32.1. The predicted molar refractivity (Wildman–Crippen MR) is 126 cm³/mol. The number of amides is 1. The highest BCUT2D eigenvalue weighted by molar-refractivity contribution is 7.20. The number of methoxy groups -OCH3 is 1. The molecule has 0 saturated heterocycles. The minimum absolute atomic E-state index is 0.276. The maximum atomic E-state index is 13.0. The summed E-state index contributed by atoms with van der Waals surface area (Å²) in [7, 11) is 3.21. The third-order valence-electron chi connectivity index (χ3n) is 5.29. The van der Waals surface area contributed by atoms with Gasteiger partial charge in [0.1, 0.15) is 10.6 Å². The van der Waals surface area contributed by atoms with E-state index in [1.165, 1.54) is 9.13 Å². The zero-order valence-corrected chi connectivity index (χ0v) is 18.6. The number of ether oxygens (including phenoxy) is 1. The van der Waals surface area contributed by atoms with Crippen LogP contribution in [0.1, 0.15) is 20.8 Å². The van der Waals surface area contributed by atoms with Gasteiger partial charge in [-0.25, -0.2) is 4.79 Å². The van der Waals surface area contributed by atoms with Crippen molar-refractivity contribution in [2.45, 2.75) is 19.5 Å². The molecular formula is C24H23N3O4S. The quantitative estimate of drug-likeness (QED) is 0.470. The van der Waals surface area contributed by atoms with Crippen molar-refractivity contribution in [3.8, 4) is 5.75 Å². The van der Waals surface area contributed by atoms with E-state index in [2.05, 4.69) is 5.32 Å². The Hall–Kier alpha value is -3.65. The molecule has 2 aromatic heterocycles. The molecule has 2 aromatic carbocycles. The molecule has 0 spiro atoms. The number of aromatic nitrogens is 2. The van der Waals surface area contributed by atoms with E-state index < -0.39 is 0 Å². The van der Waals surface area contributed by atoms with Crippen molar-refractivity contribution in [1.82, 2.24) is 14.5 Å². The van der Waals surface area contributed by atoms with Gasteiger partial charge in [0, 0.05) is 20.1 Å². The van der Waals surface area contributed by atoms with Gasteiger partial charge in [-0.1, -0.05) is 42.5 Å². The molecule has 0 bridgehead atoms. The summed E-state index contributed by atoms with van der Waals surface area (Å²) < 4.78 is 7.87. The number of fused-ring (bicyclic) bond motifs is 1. The third kappa shape index (κ3) is 4.36. The second-order valence-electron chi connectivity index (χ2n) is 7.40. The van der Waals surface area contributed by atoms with Gasteiger partial charge in [0.05, 0.1) is 17.4 Å². The van der Waals surface area contributed by atoms with Crippen LogP contribution < -0.4 is 21.3 Å². The van der Waals surface area contributed by atoms with Crippen LogP contribution in [-0.4, -0.2) is 22.2 Å². The Morgan fingerprint density at radius 1 is 1.03 bits per heavy atom. The molecular weight excluding hydrogens is 426 g/mol. The SMILES string of the molecule is COc1cccc(CNC(=O)c2cc3c(=O)n(CCc4ccccc4)c(=O)n(C)c3s2)c1. The Bertz CT molecular complexity index is 1390. The van der Waals surface area contributed by atoms with Gasteiger partial charge in [0.25, 0.3) is 11.5 Å². The number of thiophene rings is 1. The van der Waals surface area contributed by atoms with Crippen LogP contribution in [0.25, 0.3) is 10.2 Å². The number of hydrogen-bond acceptors (Lipinski definition) is 5. The van der Waals surface area contributed by atoms with Crippen LogP contribution in [0, 0.1) is 0 Å². The summed E-state index contributed by atoms with van der Waals surface area (Å²) in [5.74, 6) is 0.418. The zero-order valence-electron chi connectivity index (χ0n) is 17.8. The number of rotatable bonds is 7. The monoisotopic (exact) mass is 449 g/mol. The maximum absolute atomic E-state index is 13.0. The van der Waals surface area contributed by atoms with E-state index in [1.807, 2.05) is 54.6 Å². The lowest BCUT2D eigenvalue weighted by Gasteiger charge is -2.08. The average molecular weight is 450 g/mol. The summed E-state index contributed by atoms with van der Waals surface area (Å²) in [5, 5.41) is 3.23. The number of nitrogens with one attached hydrogen (secondary N) is 1. The van der Waals surface area contributed by atoms with Crippen molar-refractivity contribution >= 4 is 27.5 Å². The first kappa shape index (κ1) is 21.6. The van der Waals surface area contributed by atoms with Gasteiger partial charge in [0.15, 0.2) is 0 Å². The molecule has 32 heavy (non-hydrogen) atoms. The highest BCUT2D eigenvalue weighted by Crippen LogP contribution is 2.22. The number of aryl methyl sites for hydroxylation is 2. The summed E-state index contributed by atoms with van der Waals surface area (Å²) in [4.78, 5) is 39.4. The van der Waals surface area contributed by atoms with E-state index in [9.17, 15) is 14.4 Å². The lowest BCUT2D eigenvalue weighted by molar-refractivity contribution is 0.0955. The van der Waals surface area contributed by atoms with Crippen molar-refractivity contribution in [3.63, 3.8) is 0 Å². The lowest BCUT2D eigenvalue weighted by atomic mass is 10.1. The largest absolute Gasteiger partial charge is 0.497 e. The van der Waals surface area contributed by atoms with E-state index in [4.69, 9.17) is 4.74 Å². The van der Waals surface area contributed by atoms with Crippen LogP contribution in [-0.2, 0) is 26.6 Å². The Kier molecular flexibility index (Phi) is 6.23. The van der Waals surface area contributed by atoms with E-state index in [0.29, 0.717) is 33.8 Å². The summed E-state index contributed by atoms with van der Waals surface area (Å²) in [5.41, 5.74) is 1.18. The van der Waals surface area contributed by atoms with Crippen LogP contribution in [0.4, 0.5) is 0 Å². The molecule has 0 saturated carbocycles. The average Bonchev–Trinajstić information content (AvgIpc) is 3.28. The molecule has 0 aliphatic rings. The molecule has 7 nitrogen and oxygen atoms in total. The molecule has 0 aliphatic carbocycles. The van der Waals surface area contributed by atoms with E-state index in [-0.39, 0.29) is 23.7 Å². The molecule has 4 rings (SSSR count). The van der Waals surface area contributed by atoms with Gasteiger partial charge in [-0.2, -0.15) is 0 Å². The normalized spacial score (nSPS) is 10.9. The van der Waals surface area contributed by atoms with E-state index >= 15 is 0 Å². The summed E-state index contributed by atoms with van der Waals surface area (Å²) in [6.07, 6.45) is 0.569. The maximum Gasteiger partial charge on any atom is 0.331 e. The molecule has 164 valence electrons. The number of benzene rings is 2. The molecule has 8 heteroatoms. The third-order valence-corrected chi connectivity index (χ3v) is 6.50. The Morgan fingerprint density at radius 3 is 2.53 bits per heavy atom. The Balaban J connectivity index is 1.58. The van der Waals surface area contributed by atoms with Crippen molar-refractivity contribution in [1.29, 1.82) is 0 Å². The minimum atomic E-state index is -0.386. The number of hydrogen-bond donors (Lipinski definition) is 1. The van der Waals surface area contributed by atoms with Crippen molar-refractivity contribution < 1.29 is 9.53 Å². The molecule has 1 N–H and O–H groups in total. The summed E-state index contributed by atoms with van der Waals surface area (Å²) in [6.45, 7) is 0.600. The minimum Gasteiger partial charge on any atom is -0.497 e. The van der Waals surface area contributed by atoms with Gasteiger partial charge in [-0.15, -0.1) is 11.3 Å². The lowest BCUT2D eigenvalue weighted by Crippen LogP contribution is -2.39. The second kappa shape index (κ2) is 9.23. The van der Waals surface area contributed by atoms with Crippen LogP contribution >= 0.6 is 11.3 Å². The van der Waals surface area contributed by atoms with E-state index in [0.717, 1.165) is 22.5 Å². The fourth-order valence-electron chi connectivity index (χ4n) is 3.53. The first-order chi connectivity index (χ1) is 15.5. The highest BCUT2D eigenvalue weighted by Gasteiger charge is 2.17. The van der Waals surface area contributed by atoms with E-state index in [1.54, 1.807) is 20.2 Å². The van der Waals surface area contributed by atoms with Gasteiger partial charge in [0.2, 0.25) is 0 Å². The summed E-state index contributed by atoms with van der Waals surface area (Å²) in [6, 6.07) is 18.7. The second-order valence-corrected chi connectivity index (χ2v) is 8.43. The molecule has 4 aromatic rings. The first-order valence-electron chi connectivity index (χ1n) is 10.2. The van der Waals surface area contributed by atoms with Crippen molar-refractivity contribution in [2.24, 2.45) is 7.05 Å². The topological polar surface area (TPSA) is 82.3 Å². The predicted octanol–water partition coefficient (Wildman–Crippen LogP) is 2.94. The smallest absolute Gasteiger partial charge is 0.331 e. The fourth-order valence-corrected chi connectivity index (χ4v) is 4.55. The molecule has 2 heterocycles. The number of carbonyl (C=O) groups excluding carboxylic acids is 1. The van der Waals surface area contributed by atoms with Gasteiger partial charge < -0.3 is 10.1 Å². The first-order valence-corrected chi connectivity index (χ1v) is 11.0. The van der Waals surface area contributed by atoms with Crippen LogP contribution in [0.2, 0.25) is 0 Å². The summed E-state index contributed by atoms with van der Waals surface area (Å²) >= 11 is 1.14. The van der Waals surface area contributed by atoms with Crippen molar-refractivity contribution in [3.05, 3.63) is 97.5 Å². The Morgan fingerprint density at radius 2 is 1.78 bits per heavy atom. The molecule has 1 amide bonds. The number of nitrogens with zero attached hydrogens (tertiary/aromatic N) is 2. The molecule has 0 aliphatic heterocycles. The van der Waals surface area contributed by atoms with Gasteiger partial charge in [-0.05, 0) is 35.7 Å².